The van der Waals surface area contributed by atoms with E-state index in [1.807, 2.05) is 13.8 Å². The van der Waals surface area contributed by atoms with Crippen molar-refractivity contribution in [2.45, 2.75) is 24.5 Å². The number of ether oxygens (including phenoxy) is 1. The van der Waals surface area contributed by atoms with Crippen LogP contribution in [0.25, 0.3) is 0 Å². The summed E-state index contributed by atoms with van der Waals surface area (Å²) in [4.78, 5) is 11.1. The molecule has 0 saturated heterocycles. The highest BCUT2D eigenvalue weighted by Gasteiger charge is 2.25. The van der Waals surface area contributed by atoms with Crippen molar-refractivity contribution < 1.29 is 23.1 Å². The molecule has 1 rings (SSSR count). The van der Waals surface area contributed by atoms with Gasteiger partial charge in [0.05, 0.1) is 13.0 Å². The second kappa shape index (κ2) is 7.05. The molecule has 8 heteroatoms. The Hall–Kier alpha value is -1.12. The molecule has 0 aromatic carbocycles. The Morgan fingerprint density at radius 1 is 1.50 bits per heavy atom. The van der Waals surface area contributed by atoms with Crippen LogP contribution in [-0.2, 0) is 14.8 Å². The van der Waals surface area contributed by atoms with E-state index in [0.717, 1.165) is 11.3 Å². The lowest BCUT2D eigenvalue weighted by atomic mass is 9.98. The molecule has 0 fully saturated rings. The molecule has 6 nitrogen and oxygen atoms in total. The van der Waals surface area contributed by atoms with Gasteiger partial charge in [-0.05, 0) is 23.8 Å². The number of nitrogens with one attached hydrogen (secondary N) is 1. The van der Waals surface area contributed by atoms with Crippen LogP contribution in [0.15, 0.2) is 15.7 Å². The average molecular weight is 321 g/mol. The Labute approximate surface area is 122 Å². The number of carboxylic acid groups (broad SMARTS) is 1. The highest BCUT2D eigenvalue weighted by molar-refractivity contribution is 7.91. The van der Waals surface area contributed by atoms with Crippen LogP contribution in [0, 0.1) is 11.8 Å². The second-order valence-corrected chi connectivity index (χ2v) is 7.67. The van der Waals surface area contributed by atoms with E-state index in [2.05, 4.69) is 4.72 Å². The first kappa shape index (κ1) is 16.9. The van der Waals surface area contributed by atoms with E-state index >= 15 is 0 Å². The van der Waals surface area contributed by atoms with Crippen LogP contribution in [0.3, 0.4) is 0 Å². The van der Waals surface area contributed by atoms with E-state index in [0.29, 0.717) is 6.42 Å². The standard InChI is InChI=1S/C12H19NO5S2/c1-8(2)6-9(11(14)15)7-13-20(16,17)12-10(18-3)4-5-19-12/h4-5,8-9,13H,6-7H2,1-3H3,(H,14,15). The molecular formula is C12H19NO5S2. The number of rotatable bonds is 8. The Kier molecular flexibility index (Phi) is 5.97. The monoisotopic (exact) mass is 321 g/mol. The molecule has 0 amide bonds. The summed E-state index contributed by atoms with van der Waals surface area (Å²) in [5.74, 6) is -1.30. The van der Waals surface area contributed by atoms with Crippen molar-refractivity contribution in [3.8, 4) is 5.75 Å². The molecule has 1 heterocycles. The molecule has 114 valence electrons. The first-order chi connectivity index (χ1) is 9.27. The lowest BCUT2D eigenvalue weighted by Gasteiger charge is -2.15. The van der Waals surface area contributed by atoms with Gasteiger partial charge >= 0.3 is 5.97 Å². The predicted octanol–water partition coefficient (Wildman–Crippen LogP) is 1.78. The lowest BCUT2D eigenvalue weighted by Crippen LogP contribution is -2.33. The number of methoxy groups -OCH3 is 1. The summed E-state index contributed by atoms with van der Waals surface area (Å²) in [5.41, 5.74) is 0. The molecule has 0 spiro atoms. The van der Waals surface area contributed by atoms with Crippen LogP contribution in [0.2, 0.25) is 0 Å². The largest absolute Gasteiger partial charge is 0.494 e. The maximum absolute atomic E-state index is 12.1. The van der Waals surface area contributed by atoms with Gasteiger partial charge in [-0.15, -0.1) is 11.3 Å². The normalized spacial score (nSPS) is 13.4. The fourth-order valence-corrected chi connectivity index (χ4v) is 4.15. The summed E-state index contributed by atoms with van der Waals surface area (Å²) < 4.78 is 31.6. The third-order valence-corrected chi connectivity index (χ3v) is 5.55. The fraction of sp³-hybridized carbons (Fsp3) is 0.583. The van der Waals surface area contributed by atoms with E-state index in [9.17, 15) is 13.2 Å². The first-order valence-corrected chi connectivity index (χ1v) is 8.48. The summed E-state index contributed by atoms with van der Waals surface area (Å²) in [6, 6.07) is 1.56. The van der Waals surface area contributed by atoms with E-state index < -0.39 is 21.9 Å². The highest BCUT2D eigenvalue weighted by Crippen LogP contribution is 2.29. The summed E-state index contributed by atoms with van der Waals surface area (Å²) in [6.07, 6.45) is 0.416. The maximum Gasteiger partial charge on any atom is 0.307 e. The lowest BCUT2D eigenvalue weighted by molar-refractivity contribution is -0.142. The molecule has 0 aliphatic heterocycles. The van der Waals surface area contributed by atoms with Crippen LogP contribution in [-0.4, -0.2) is 33.1 Å². The van der Waals surface area contributed by atoms with Gasteiger partial charge in [0, 0.05) is 6.54 Å². The molecule has 1 aromatic heterocycles. The van der Waals surface area contributed by atoms with Crippen LogP contribution >= 0.6 is 11.3 Å². The predicted molar refractivity (Wildman–Crippen MR) is 76.6 cm³/mol. The van der Waals surface area contributed by atoms with Crippen LogP contribution in [0.4, 0.5) is 0 Å². The Balaban J connectivity index is 2.79. The topological polar surface area (TPSA) is 92.7 Å². The van der Waals surface area contributed by atoms with Crippen molar-refractivity contribution in [2.24, 2.45) is 11.8 Å². The van der Waals surface area contributed by atoms with E-state index in [1.165, 1.54) is 7.11 Å². The second-order valence-electron chi connectivity index (χ2n) is 4.79. The SMILES string of the molecule is COc1ccsc1S(=O)(=O)NCC(CC(C)C)C(=O)O. The smallest absolute Gasteiger partial charge is 0.307 e. The van der Waals surface area contributed by atoms with Gasteiger partial charge in [0.1, 0.15) is 5.75 Å². The number of aliphatic carboxylic acids is 1. The van der Waals surface area contributed by atoms with Gasteiger partial charge in [-0.3, -0.25) is 4.79 Å². The van der Waals surface area contributed by atoms with Gasteiger partial charge in [-0.2, -0.15) is 0 Å². The molecule has 0 radical (unpaired) electrons. The Morgan fingerprint density at radius 3 is 2.65 bits per heavy atom. The van der Waals surface area contributed by atoms with Crippen LogP contribution in [0.5, 0.6) is 5.75 Å². The number of carbonyl (C=O) groups is 1. The summed E-state index contributed by atoms with van der Waals surface area (Å²) in [5, 5.41) is 10.7. The molecule has 0 saturated carbocycles. The molecule has 1 atom stereocenters. The van der Waals surface area contributed by atoms with E-state index in [4.69, 9.17) is 9.84 Å². The number of sulfonamides is 1. The average Bonchev–Trinajstić information content (AvgIpc) is 2.82. The zero-order valence-corrected chi connectivity index (χ0v) is 13.3. The molecule has 0 aliphatic carbocycles. The minimum absolute atomic E-state index is 0.0636. The quantitative estimate of drug-likeness (QED) is 0.761. The highest BCUT2D eigenvalue weighted by atomic mass is 32.2. The van der Waals surface area contributed by atoms with Gasteiger partial charge < -0.3 is 9.84 Å². The van der Waals surface area contributed by atoms with Gasteiger partial charge in [-0.1, -0.05) is 13.8 Å². The van der Waals surface area contributed by atoms with Crippen LogP contribution in [0.1, 0.15) is 20.3 Å². The number of carboxylic acids is 1. The fourth-order valence-electron chi connectivity index (χ4n) is 1.75. The van der Waals surface area contributed by atoms with Crippen LogP contribution < -0.4 is 9.46 Å². The molecule has 1 aromatic rings. The number of thiophene rings is 1. The molecule has 0 bridgehead atoms. The van der Waals surface area contributed by atoms with E-state index in [1.54, 1.807) is 11.4 Å². The minimum Gasteiger partial charge on any atom is -0.494 e. The molecule has 2 N–H and O–H groups in total. The molecular weight excluding hydrogens is 302 g/mol. The third kappa shape index (κ3) is 4.46. The van der Waals surface area contributed by atoms with Crippen molar-refractivity contribution in [1.82, 2.24) is 4.72 Å². The zero-order valence-electron chi connectivity index (χ0n) is 11.6. The molecule has 20 heavy (non-hydrogen) atoms. The van der Waals surface area contributed by atoms with Gasteiger partial charge in [0.2, 0.25) is 0 Å². The maximum atomic E-state index is 12.1. The van der Waals surface area contributed by atoms with E-state index in [-0.39, 0.29) is 22.4 Å². The summed E-state index contributed by atoms with van der Waals surface area (Å²) >= 11 is 1.03. The minimum atomic E-state index is -3.74. The van der Waals surface area contributed by atoms with Crippen molar-refractivity contribution in [2.75, 3.05) is 13.7 Å². The number of hydrogen-bond acceptors (Lipinski definition) is 5. The summed E-state index contributed by atoms with van der Waals surface area (Å²) in [7, 11) is -2.36. The van der Waals surface area contributed by atoms with Crippen molar-refractivity contribution in [3.05, 3.63) is 11.4 Å². The molecule has 0 aliphatic rings. The zero-order chi connectivity index (χ0) is 15.3. The summed E-state index contributed by atoms with van der Waals surface area (Å²) in [6.45, 7) is 3.66. The number of hydrogen-bond donors (Lipinski definition) is 2. The van der Waals surface area contributed by atoms with Gasteiger partial charge in [0.15, 0.2) is 4.21 Å². The third-order valence-electron chi connectivity index (χ3n) is 2.68. The molecule has 1 unspecified atom stereocenters. The Morgan fingerprint density at radius 2 is 2.15 bits per heavy atom. The van der Waals surface area contributed by atoms with Gasteiger partial charge in [0.25, 0.3) is 10.0 Å². The van der Waals surface area contributed by atoms with Crippen molar-refractivity contribution >= 4 is 27.3 Å². The van der Waals surface area contributed by atoms with Gasteiger partial charge in [-0.25, -0.2) is 13.1 Å². The first-order valence-electron chi connectivity index (χ1n) is 6.12. The Bertz CT molecular complexity index is 550. The van der Waals surface area contributed by atoms with Crippen molar-refractivity contribution in [3.63, 3.8) is 0 Å². The van der Waals surface area contributed by atoms with Crippen molar-refractivity contribution in [1.29, 1.82) is 0 Å².